The van der Waals surface area contributed by atoms with Crippen LogP contribution in [0.15, 0.2) is 175 Å². The Labute approximate surface area is 433 Å². The Bertz CT molecular complexity index is 2850. The fourth-order valence-electron chi connectivity index (χ4n) is 11.2. The van der Waals surface area contributed by atoms with Crippen molar-refractivity contribution in [2.24, 2.45) is 22.9 Å². The van der Waals surface area contributed by atoms with E-state index in [2.05, 4.69) is 30.9 Å². The van der Waals surface area contributed by atoms with Crippen LogP contribution < -0.4 is 9.47 Å². The monoisotopic (exact) mass is 1000 g/mol. The molecule has 12 heteroatoms. The number of aliphatic hydroxyl groups is 2. The number of nitrogens with zero attached hydrogens (tertiary/aromatic N) is 2. The Morgan fingerprint density at radius 3 is 2.26 bits per heavy atom. The molecule has 0 bridgehead atoms. The highest BCUT2D eigenvalue weighted by Gasteiger charge is 2.65. The van der Waals surface area contributed by atoms with Gasteiger partial charge in [0.25, 0.3) is 0 Å². The van der Waals surface area contributed by atoms with Gasteiger partial charge in [0.1, 0.15) is 43.2 Å². The van der Waals surface area contributed by atoms with E-state index in [4.69, 9.17) is 33.7 Å². The summed E-state index contributed by atoms with van der Waals surface area (Å²) in [5, 5.41) is 27.2. The van der Waals surface area contributed by atoms with Crippen molar-refractivity contribution < 1.29 is 47.9 Å². The van der Waals surface area contributed by atoms with Crippen LogP contribution in [0.3, 0.4) is 0 Å². The number of oxime groups is 1. The first-order valence-corrected chi connectivity index (χ1v) is 26.0. The number of benzene rings is 6. The molecule has 11 nitrogen and oxygen atoms in total. The van der Waals surface area contributed by atoms with E-state index in [1.54, 1.807) is 29.2 Å². The zero-order chi connectivity index (χ0) is 51.1. The predicted molar refractivity (Wildman–Crippen MR) is 284 cm³/mol. The normalized spacial score (nSPS) is 21.2. The van der Waals surface area contributed by atoms with E-state index in [1.165, 1.54) is 6.07 Å². The average Bonchev–Trinajstić information content (AvgIpc) is 3.47. The molecular weight excluding hydrogens is 936 g/mol. The van der Waals surface area contributed by atoms with Crippen molar-refractivity contribution in [2.45, 2.75) is 89.1 Å². The molecule has 2 aliphatic carbocycles. The molecule has 0 saturated heterocycles. The lowest BCUT2D eigenvalue weighted by molar-refractivity contribution is -0.256. The minimum absolute atomic E-state index is 0.00560. The number of aliphatic hydroxyl groups excluding tert-OH is 2. The van der Waals surface area contributed by atoms with Gasteiger partial charge in [-0.05, 0) is 94.8 Å². The van der Waals surface area contributed by atoms with Crippen LogP contribution in [0, 0.1) is 23.6 Å². The molecule has 9 rings (SSSR count). The van der Waals surface area contributed by atoms with Crippen LogP contribution in [0.25, 0.3) is 10.8 Å². The number of allylic oxidation sites excluding steroid dienone is 1. The van der Waals surface area contributed by atoms with Gasteiger partial charge in [0.2, 0.25) is 5.79 Å². The van der Waals surface area contributed by atoms with E-state index in [9.17, 15) is 14.6 Å². The standard InChI is InChI=1S/C62H67FN2O9/c1-2-34-72-62-58(65(40-48-26-17-25-46-22-9-11-27-51(46)48)61(68)70-36-35-69-41-44-18-5-3-6-19-44)39-56(64-73-42-45-20-7-4-8-21-45)53-37-47(23-13-15-32-66)52(28-14-16-33-67)59(60(53)62)54-38-50(30-31-57(54)74-62)71-43-49-24-10-12-29-55(49)63/h2-12,17-22,24-27,29-31,37-38,47,52,58-60,66-67H,1,13-16,23,28,32-36,39-43H2/t47-,52+,58-,59+,60+,62+/m0/s1. The summed E-state index contributed by atoms with van der Waals surface area (Å²) < 4.78 is 48.4. The Morgan fingerprint density at radius 2 is 1.49 bits per heavy atom. The zero-order valence-corrected chi connectivity index (χ0v) is 41.9. The van der Waals surface area contributed by atoms with E-state index in [1.807, 2.05) is 103 Å². The van der Waals surface area contributed by atoms with E-state index < -0.39 is 23.8 Å². The smallest absolute Gasteiger partial charge is 0.410 e. The zero-order valence-electron chi connectivity index (χ0n) is 41.9. The van der Waals surface area contributed by atoms with Crippen molar-refractivity contribution in [3.05, 3.63) is 204 Å². The first-order chi connectivity index (χ1) is 36.4. The van der Waals surface area contributed by atoms with E-state index >= 15 is 4.79 Å². The number of hydrogen-bond acceptors (Lipinski definition) is 10. The molecule has 2 N–H and O–H groups in total. The second kappa shape index (κ2) is 25.4. The number of ether oxygens (including phenoxy) is 5. The molecule has 1 fully saturated rings. The molecule has 0 radical (unpaired) electrons. The third-order valence-corrected chi connectivity index (χ3v) is 14.6. The lowest BCUT2D eigenvalue weighted by atomic mass is 9.55. The number of unbranched alkanes of at least 4 members (excludes halogenated alkanes) is 2. The van der Waals surface area contributed by atoms with Gasteiger partial charge in [-0.2, -0.15) is 0 Å². The minimum Gasteiger partial charge on any atom is -0.489 e. The minimum atomic E-state index is -1.55. The molecule has 0 aromatic heterocycles. The lowest BCUT2D eigenvalue weighted by Gasteiger charge is -2.60. The summed E-state index contributed by atoms with van der Waals surface area (Å²) in [4.78, 5) is 23.4. The fraction of sp³-hybridized carbons (Fsp3) is 0.355. The molecule has 1 saturated carbocycles. The number of rotatable bonds is 25. The van der Waals surface area contributed by atoms with E-state index in [-0.39, 0.29) is 82.8 Å². The second-order valence-corrected chi connectivity index (χ2v) is 19.3. The molecule has 3 aliphatic rings. The number of carbonyl (C=O) groups is 1. The van der Waals surface area contributed by atoms with E-state index in [0.29, 0.717) is 42.2 Å². The van der Waals surface area contributed by atoms with Crippen molar-refractivity contribution in [3.63, 3.8) is 0 Å². The van der Waals surface area contributed by atoms with E-state index in [0.717, 1.165) is 64.3 Å². The first kappa shape index (κ1) is 52.0. The van der Waals surface area contributed by atoms with Crippen molar-refractivity contribution in [3.8, 4) is 11.5 Å². The lowest BCUT2D eigenvalue weighted by Crippen LogP contribution is -2.70. The molecular formula is C62H67FN2O9. The van der Waals surface area contributed by atoms with Crippen molar-refractivity contribution in [1.29, 1.82) is 0 Å². The average molecular weight is 1000 g/mol. The summed E-state index contributed by atoms with van der Waals surface area (Å²) in [5.74, 6) is -1.72. The third-order valence-electron chi connectivity index (χ3n) is 14.6. The van der Waals surface area contributed by atoms with Gasteiger partial charge in [0, 0.05) is 36.7 Å². The van der Waals surface area contributed by atoms with Gasteiger partial charge in [-0.3, -0.25) is 4.90 Å². The number of amides is 1. The summed E-state index contributed by atoms with van der Waals surface area (Å²) >= 11 is 0. The topological polar surface area (TPSA) is 129 Å². The molecule has 6 atom stereocenters. The molecule has 1 amide bonds. The summed E-state index contributed by atoms with van der Waals surface area (Å²) in [5.41, 5.74) is 5.72. The van der Waals surface area contributed by atoms with Crippen molar-refractivity contribution >= 4 is 22.6 Å². The van der Waals surface area contributed by atoms with Crippen LogP contribution >= 0.6 is 0 Å². The Balaban J connectivity index is 1.20. The van der Waals surface area contributed by atoms with Gasteiger partial charge in [-0.1, -0.05) is 151 Å². The highest BCUT2D eigenvalue weighted by Crippen LogP contribution is 2.62. The molecule has 1 heterocycles. The van der Waals surface area contributed by atoms with Crippen molar-refractivity contribution in [1.82, 2.24) is 4.90 Å². The second-order valence-electron chi connectivity index (χ2n) is 19.3. The van der Waals surface area contributed by atoms with Crippen LogP contribution in [-0.2, 0) is 45.4 Å². The molecule has 74 heavy (non-hydrogen) atoms. The highest BCUT2D eigenvalue weighted by atomic mass is 19.1. The number of carbonyl (C=O) groups excluding carboxylic acids is 1. The van der Waals surface area contributed by atoms with Crippen LogP contribution in [0.2, 0.25) is 0 Å². The van der Waals surface area contributed by atoms with Gasteiger partial charge < -0.3 is 38.7 Å². The van der Waals surface area contributed by atoms with Crippen LogP contribution in [-0.4, -0.2) is 71.8 Å². The number of hydrogen-bond donors (Lipinski definition) is 2. The van der Waals surface area contributed by atoms with Gasteiger partial charge in [-0.15, -0.1) is 6.58 Å². The fourth-order valence-corrected chi connectivity index (χ4v) is 11.2. The number of halogens is 1. The summed E-state index contributed by atoms with van der Waals surface area (Å²) in [7, 11) is 0. The van der Waals surface area contributed by atoms with Gasteiger partial charge in [0.05, 0.1) is 38.0 Å². The van der Waals surface area contributed by atoms with Crippen molar-refractivity contribution in [2.75, 3.05) is 33.0 Å². The maximum absolute atomic E-state index is 15.3. The molecule has 6 aromatic carbocycles. The molecule has 0 unspecified atom stereocenters. The quantitative estimate of drug-likeness (QED) is 0.0327. The molecule has 1 aliphatic heterocycles. The predicted octanol–water partition coefficient (Wildman–Crippen LogP) is 12.2. The Kier molecular flexibility index (Phi) is 17.9. The first-order valence-electron chi connectivity index (χ1n) is 26.0. The SMILES string of the molecule is C=CCO[C@@]12Oc3ccc(OCc4ccccc4F)cc3[C@H]3[C@H](CCCCO)[C@@H](CCCCO)C=C(C(=NOCc4ccccc4)C[C@@H]1N(Cc1cccc4ccccc14)C(=O)OCCOCc1ccccc1)[C@H]32. The molecule has 386 valence electrons. The van der Waals surface area contributed by atoms with Crippen LogP contribution in [0.1, 0.15) is 78.7 Å². The van der Waals surface area contributed by atoms with Crippen LogP contribution in [0.4, 0.5) is 9.18 Å². The van der Waals surface area contributed by atoms with Crippen LogP contribution in [0.5, 0.6) is 11.5 Å². The molecule has 6 aromatic rings. The maximum Gasteiger partial charge on any atom is 0.410 e. The summed E-state index contributed by atoms with van der Waals surface area (Å²) in [6, 6.07) is 45.4. The maximum atomic E-state index is 15.3. The Hall–Kier alpha value is -6.83. The summed E-state index contributed by atoms with van der Waals surface area (Å²) in [6.45, 7) is 5.20. The van der Waals surface area contributed by atoms with Gasteiger partial charge >= 0.3 is 6.09 Å². The summed E-state index contributed by atoms with van der Waals surface area (Å²) in [6.07, 6.45) is 7.93. The number of fused-ring (bicyclic) bond motifs is 3. The highest BCUT2D eigenvalue weighted by molar-refractivity contribution is 6.03. The third kappa shape index (κ3) is 12.1. The van der Waals surface area contributed by atoms with Gasteiger partial charge in [0.15, 0.2) is 0 Å². The van der Waals surface area contributed by atoms with Gasteiger partial charge in [-0.25, -0.2) is 9.18 Å². The Morgan fingerprint density at radius 1 is 0.784 bits per heavy atom. The largest absolute Gasteiger partial charge is 0.489 e. The molecule has 0 spiro atoms.